The lowest BCUT2D eigenvalue weighted by Gasteiger charge is -2.33. The first-order chi connectivity index (χ1) is 17.1. The summed E-state index contributed by atoms with van der Waals surface area (Å²) in [6, 6.07) is 8.39. The van der Waals surface area contributed by atoms with Crippen LogP contribution in [0.3, 0.4) is 0 Å². The molecule has 2 aromatic carbocycles. The number of carbonyl (C=O) groups is 2. The molecule has 1 unspecified atom stereocenters. The first kappa shape index (κ1) is 27.4. The van der Waals surface area contributed by atoms with Gasteiger partial charge in [-0.25, -0.2) is 5.43 Å². The number of hydrogen-bond acceptors (Lipinski definition) is 7. The maximum atomic E-state index is 12.7. The Hall–Kier alpha value is -3.21. The van der Waals surface area contributed by atoms with Crippen molar-refractivity contribution in [3.63, 3.8) is 0 Å². The summed E-state index contributed by atoms with van der Waals surface area (Å²) in [4.78, 5) is 40.7. The number of benzene rings is 2. The molecule has 0 spiro atoms. The summed E-state index contributed by atoms with van der Waals surface area (Å²) < 4.78 is 0. The molecule has 3 rings (SSSR count). The maximum absolute atomic E-state index is 12.7. The summed E-state index contributed by atoms with van der Waals surface area (Å²) in [5, 5.41) is 18.9. The van der Waals surface area contributed by atoms with Gasteiger partial charge in [-0.3, -0.25) is 19.7 Å². The average Bonchev–Trinajstić information content (AvgIpc) is 2.84. The van der Waals surface area contributed by atoms with E-state index in [-0.39, 0.29) is 22.2 Å². The molecular weight excluding hydrogens is 507 g/mol. The lowest BCUT2D eigenvalue weighted by Crippen LogP contribution is -2.48. The molecule has 2 aromatic rings. The second kappa shape index (κ2) is 12.2. The van der Waals surface area contributed by atoms with Crippen LogP contribution < -0.4 is 15.6 Å². The zero-order valence-electron chi connectivity index (χ0n) is 20.2. The number of likely N-dealkylation sites (N-methyl/N-ethyl adjacent to an activating group) is 1. The highest BCUT2D eigenvalue weighted by atomic mass is 35.5. The number of nitrogens with one attached hydrogen (secondary N) is 2. The van der Waals surface area contributed by atoms with E-state index in [1.807, 2.05) is 11.9 Å². The molecule has 1 aliphatic heterocycles. The number of amides is 2. The lowest BCUT2D eigenvalue weighted by molar-refractivity contribution is -0.384. The van der Waals surface area contributed by atoms with Crippen molar-refractivity contribution in [1.82, 2.24) is 15.6 Å². The summed E-state index contributed by atoms with van der Waals surface area (Å²) >= 11 is 11.9. The zero-order chi connectivity index (χ0) is 26.4. The Bertz CT molecular complexity index is 1170. The Morgan fingerprint density at radius 2 is 1.78 bits per heavy atom. The van der Waals surface area contributed by atoms with Gasteiger partial charge in [-0.2, -0.15) is 5.10 Å². The number of nitrogens with zero attached hydrogens (tertiary/aromatic N) is 4. The van der Waals surface area contributed by atoms with Gasteiger partial charge in [0.25, 0.3) is 17.5 Å². The monoisotopic (exact) mass is 534 g/mol. The van der Waals surface area contributed by atoms with Crippen LogP contribution in [0, 0.1) is 16.0 Å². The molecule has 1 heterocycles. The topological polar surface area (TPSA) is 120 Å². The van der Waals surface area contributed by atoms with Gasteiger partial charge in [0.1, 0.15) is 11.7 Å². The molecule has 192 valence electrons. The number of nitro benzene ring substituents is 1. The fourth-order valence-corrected chi connectivity index (χ4v) is 4.02. The zero-order valence-corrected chi connectivity index (χ0v) is 21.7. The van der Waals surface area contributed by atoms with Gasteiger partial charge in [0.15, 0.2) is 0 Å². The third kappa shape index (κ3) is 6.93. The van der Waals surface area contributed by atoms with Crippen LogP contribution in [0.1, 0.15) is 29.8 Å². The normalized spacial score (nSPS) is 15.2. The van der Waals surface area contributed by atoms with E-state index in [9.17, 15) is 19.7 Å². The molecule has 2 amide bonds. The van der Waals surface area contributed by atoms with E-state index < -0.39 is 22.8 Å². The molecule has 36 heavy (non-hydrogen) atoms. The third-order valence-electron chi connectivity index (χ3n) is 5.85. The van der Waals surface area contributed by atoms with Crippen LogP contribution in [0.25, 0.3) is 0 Å². The highest BCUT2D eigenvalue weighted by Crippen LogP contribution is 2.29. The maximum Gasteiger partial charge on any atom is 0.293 e. The van der Waals surface area contributed by atoms with Crippen molar-refractivity contribution in [2.24, 2.45) is 11.0 Å². The Kier molecular flexibility index (Phi) is 9.25. The number of nitro groups is 1. The van der Waals surface area contributed by atoms with Gasteiger partial charge in [0, 0.05) is 43.4 Å². The Morgan fingerprint density at radius 1 is 1.08 bits per heavy atom. The number of anilines is 1. The van der Waals surface area contributed by atoms with Gasteiger partial charge in [0.2, 0.25) is 0 Å². The number of piperazine rings is 1. The van der Waals surface area contributed by atoms with Crippen molar-refractivity contribution in [2.45, 2.75) is 19.9 Å². The number of hydrazone groups is 1. The molecule has 1 aliphatic rings. The predicted molar refractivity (Wildman–Crippen MR) is 141 cm³/mol. The van der Waals surface area contributed by atoms with Gasteiger partial charge < -0.3 is 15.1 Å². The molecule has 0 bridgehead atoms. The molecule has 10 nitrogen and oxygen atoms in total. The van der Waals surface area contributed by atoms with Crippen molar-refractivity contribution >= 4 is 52.6 Å². The second-order valence-electron chi connectivity index (χ2n) is 8.85. The Labute approximate surface area is 219 Å². The van der Waals surface area contributed by atoms with E-state index in [1.54, 1.807) is 26.0 Å². The summed E-state index contributed by atoms with van der Waals surface area (Å²) in [6.45, 7) is 6.61. The van der Waals surface area contributed by atoms with Crippen LogP contribution in [0.5, 0.6) is 0 Å². The van der Waals surface area contributed by atoms with Crippen molar-refractivity contribution in [3.05, 3.63) is 67.7 Å². The first-order valence-corrected chi connectivity index (χ1v) is 12.1. The predicted octanol–water partition coefficient (Wildman–Crippen LogP) is 3.56. The smallest absolute Gasteiger partial charge is 0.293 e. The Morgan fingerprint density at radius 3 is 2.39 bits per heavy atom. The summed E-state index contributed by atoms with van der Waals surface area (Å²) in [7, 11) is 2.02. The van der Waals surface area contributed by atoms with Gasteiger partial charge >= 0.3 is 0 Å². The van der Waals surface area contributed by atoms with E-state index in [0.29, 0.717) is 29.4 Å². The van der Waals surface area contributed by atoms with Crippen molar-refractivity contribution in [1.29, 1.82) is 0 Å². The highest BCUT2D eigenvalue weighted by molar-refractivity contribution is 6.42. The molecule has 0 aliphatic carbocycles. The molecule has 0 saturated carbocycles. The average molecular weight is 535 g/mol. The van der Waals surface area contributed by atoms with Crippen LogP contribution in [-0.4, -0.2) is 67.1 Å². The molecular formula is C24H28Cl2N6O4. The van der Waals surface area contributed by atoms with Crippen molar-refractivity contribution in [3.8, 4) is 0 Å². The minimum Gasteiger partial charge on any atom is -0.363 e. The highest BCUT2D eigenvalue weighted by Gasteiger charge is 2.25. The van der Waals surface area contributed by atoms with Crippen LogP contribution in [0.2, 0.25) is 10.0 Å². The van der Waals surface area contributed by atoms with E-state index in [0.717, 1.165) is 13.1 Å². The molecule has 12 heteroatoms. The van der Waals surface area contributed by atoms with E-state index in [1.165, 1.54) is 30.5 Å². The van der Waals surface area contributed by atoms with Crippen molar-refractivity contribution in [2.75, 3.05) is 38.1 Å². The number of rotatable bonds is 8. The molecule has 0 radical (unpaired) electrons. The van der Waals surface area contributed by atoms with Gasteiger partial charge in [-0.15, -0.1) is 0 Å². The standard InChI is InChI=1S/C24H28Cl2N6O4/c1-15(2)22(28-23(33)17-5-6-18(25)19(26)13-17)24(34)29-27-14-16-4-7-20(21(12-16)32(35)36)31-10-8-30(3)9-11-31/h4-7,12-15,22H,8-11H2,1-3H3,(H,28,33)(H,29,34)/b27-14-. The summed E-state index contributed by atoms with van der Waals surface area (Å²) in [5.74, 6) is -1.25. The van der Waals surface area contributed by atoms with Crippen LogP contribution in [-0.2, 0) is 4.79 Å². The summed E-state index contributed by atoms with van der Waals surface area (Å²) in [6.07, 6.45) is 1.33. The van der Waals surface area contributed by atoms with E-state index in [2.05, 4.69) is 20.7 Å². The van der Waals surface area contributed by atoms with Crippen LogP contribution in [0.15, 0.2) is 41.5 Å². The van der Waals surface area contributed by atoms with Crippen LogP contribution >= 0.6 is 23.2 Å². The second-order valence-corrected chi connectivity index (χ2v) is 9.67. The molecule has 1 fully saturated rings. The van der Waals surface area contributed by atoms with Gasteiger partial charge in [0.05, 0.1) is 21.2 Å². The Balaban J connectivity index is 1.67. The molecule has 1 atom stereocenters. The molecule has 2 N–H and O–H groups in total. The molecule has 1 saturated heterocycles. The number of hydrogen-bond donors (Lipinski definition) is 2. The minimum atomic E-state index is -0.877. The lowest BCUT2D eigenvalue weighted by atomic mass is 10.0. The third-order valence-corrected chi connectivity index (χ3v) is 6.59. The van der Waals surface area contributed by atoms with E-state index in [4.69, 9.17) is 23.2 Å². The molecule has 0 aromatic heterocycles. The number of carbonyl (C=O) groups excluding carboxylic acids is 2. The SMILES string of the molecule is CC(C)C(NC(=O)c1ccc(Cl)c(Cl)c1)C(=O)N/N=C\c1ccc(N2CCN(C)CC2)c([N+](=O)[O-])c1. The summed E-state index contributed by atoms with van der Waals surface area (Å²) in [5.41, 5.74) is 3.66. The quantitative estimate of drug-likeness (QED) is 0.303. The fraction of sp³-hybridized carbons (Fsp3) is 0.375. The minimum absolute atomic E-state index is 0.0243. The fourth-order valence-electron chi connectivity index (χ4n) is 3.72. The first-order valence-electron chi connectivity index (χ1n) is 11.4. The van der Waals surface area contributed by atoms with Gasteiger partial charge in [-0.1, -0.05) is 43.1 Å². The largest absolute Gasteiger partial charge is 0.363 e. The van der Waals surface area contributed by atoms with Crippen LogP contribution in [0.4, 0.5) is 11.4 Å². The number of halogens is 2. The van der Waals surface area contributed by atoms with Gasteiger partial charge in [-0.05, 0) is 37.2 Å². The van der Waals surface area contributed by atoms with Crippen molar-refractivity contribution < 1.29 is 14.5 Å². The van der Waals surface area contributed by atoms with E-state index >= 15 is 0 Å².